The number of hydrogen-bond acceptors (Lipinski definition) is 7. The van der Waals surface area contributed by atoms with Gasteiger partial charge in [-0.05, 0) is 19.1 Å². The number of carbonyl (C=O) groups is 1. The lowest BCUT2D eigenvalue weighted by atomic mass is 10.2. The fourth-order valence-corrected chi connectivity index (χ4v) is 3.33. The second kappa shape index (κ2) is 6.94. The van der Waals surface area contributed by atoms with Gasteiger partial charge in [0.2, 0.25) is 0 Å². The van der Waals surface area contributed by atoms with Crippen LogP contribution in [0.5, 0.6) is 11.5 Å². The number of thiazole rings is 1. The van der Waals surface area contributed by atoms with Crippen molar-refractivity contribution in [3.63, 3.8) is 0 Å². The van der Waals surface area contributed by atoms with E-state index in [4.69, 9.17) is 14.2 Å². The number of benzene rings is 1. The molecule has 2 heterocycles. The Balaban J connectivity index is 1.82. The first kappa shape index (κ1) is 17.0. The zero-order chi connectivity index (χ0) is 18.0. The number of esters is 1. The van der Waals surface area contributed by atoms with Crippen LogP contribution in [0.1, 0.15) is 21.7 Å². The van der Waals surface area contributed by atoms with E-state index in [1.165, 1.54) is 36.0 Å². The number of fused-ring (bicyclic) bond motifs is 1. The zero-order valence-electron chi connectivity index (χ0n) is 13.9. The normalized spacial score (nSPS) is 10.7. The standard InChI is InChI=1S/C17H16N2O5S/c1-10-9-25-17-18-11(7-14(20)19(10)17)8-24-16(21)12-5-4-6-13(22-2)15(12)23-3/h4-7,9H,8H2,1-3H3. The average molecular weight is 360 g/mol. The highest BCUT2D eigenvalue weighted by atomic mass is 32.1. The van der Waals surface area contributed by atoms with Crippen LogP contribution in [0, 0.1) is 6.92 Å². The number of aromatic nitrogens is 2. The van der Waals surface area contributed by atoms with Gasteiger partial charge in [0, 0.05) is 17.1 Å². The first-order valence-corrected chi connectivity index (χ1v) is 8.28. The Hall–Kier alpha value is -2.87. The van der Waals surface area contributed by atoms with Crippen LogP contribution in [0.2, 0.25) is 0 Å². The molecule has 0 aliphatic rings. The summed E-state index contributed by atoms with van der Waals surface area (Å²) in [6.07, 6.45) is 0. The fourth-order valence-electron chi connectivity index (χ4n) is 2.44. The van der Waals surface area contributed by atoms with Crippen molar-refractivity contribution in [3.8, 4) is 11.5 Å². The van der Waals surface area contributed by atoms with E-state index in [-0.39, 0.29) is 17.7 Å². The largest absolute Gasteiger partial charge is 0.493 e. The summed E-state index contributed by atoms with van der Waals surface area (Å²) < 4.78 is 17.2. The van der Waals surface area contributed by atoms with E-state index in [1.54, 1.807) is 18.2 Å². The van der Waals surface area contributed by atoms with Crippen molar-refractivity contribution in [2.75, 3.05) is 14.2 Å². The molecule has 8 heteroatoms. The van der Waals surface area contributed by atoms with Crippen molar-refractivity contribution in [1.29, 1.82) is 0 Å². The van der Waals surface area contributed by atoms with E-state index < -0.39 is 5.97 Å². The molecule has 0 spiro atoms. The molecule has 0 saturated carbocycles. The van der Waals surface area contributed by atoms with E-state index in [0.29, 0.717) is 22.2 Å². The van der Waals surface area contributed by atoms with Gasteiger partial charge < -0.3 is 14.2 Å². The molecule has 7 nitrogen and oxygen atoms in total. The third kappa shape index (κ3) is 3.20. The molecule has 2 aromatic heterocycles. The number of rotatable bonds is 5. The number of hydrogen-bond donors (Lipinski definition) is 0. The van der Waals surface area contributed by atoms with Gasteiger partial charge in [0.25, 0.3) is 5.56 Å². The summed E-state index contributed by atoms with van der Waals surface area (Å²) >= 11 is 1.36. The van der Waals surface area contributed by atoms with Crippen LogP contribution >= 0.6 is 11.3 Å². The third-order valence-electron chi connectivity index (χ3n) is 3.60. The van der Waals surface area contributed by atoms with Crippen LogP contribution in [-0.2, 0) is 11.3 Å². The highest BCUT2D eigenvalue weighted by Gasteiger charge is 2.18. The molecule has 0 fully saturated rings. The number of methoxy groups -OCH3 is 2. The summed E-state index contributed by atoms with van der Waals surface area (Å²) in [5.74, 6) is 0.149. The van der Waals surface area contributed by atoms with Gasteiger partial charge in [0.1, 0.15) is 12.2 Å². The van der Waals surface area contributed by atoms with Gasteiger partial charge >= 0.3 is 5.97 Å². The van der Waals surface area contributed by atoms with E-state index in [9.17, 15) is 9.59 Å². The lowest BCUT2D eigenvalue weighted by molar-refractivity contribution is 0.0463. The molecule has 0 amide bonds. The number of para-hydroxylation sites is 1. The van der Waals surface area contributed by atoms with E-state index in [1.807, 2.05) is 12.3 Å². The minimum Gasteiger partial charge on any atom is -0.493 e. The fraction of sp³-hybridized carbons (Fsp3) is 0.235. The van der Waals surface area contributed by atoms with Gasteiger partial charge in [0.05, 0.1) is 19.9 Å². The molecule has 0 N–H and O–H groups in total. The predicted molar refractivity (Wildman–Crippen MR) is 92.7 cm³/mol. The molecule has 3 rings (SSSR count). The number of ether oxygens (including phenoxy) is 3. The Kier molecular flexibility index (Phi) is 4.71. The maximum atomic E-state index is 12.4. The molecule has 3 aromatic rings. The van der Waals surface area contributed by atoms with Crippen LogP contribution in [0.25, 0.3) is 4.96 Å². The van der Waals surface area contributed by atoms with Crippen LogP contribution in [0.3, 0.4) is 0 Å². The molecule has 0 unspecified atom stereocenters. The molecule has 0 aliphatic heterocycles. The van der Waals surface area contributed by atoms with Gasteiger partial charge in [-0.2, -0.15) is 0 Å². The Morgan fingerprint density at radius 2 is 2.08 bits per heavy atom. The maximum absolute atomic E-state index is 12.4. The van der Waals surface area contributed by atoms with E-state index >= 15 is 0 Å². The van der Waals surface area contributed by atoms with Gasteiger partial charge in [-0.15, -0.1) is 11.3 Å². The number of carbonyl (C=O) groups excluding carboxylic acids is 1. The molecule has 0 radical (unpaired) electrons. The first-order chi connectivity index (χ1) is 12.0. The van der Waals surface area contributed by atoms with Crippen molar-refractivity contribution >= 4 is 22.3 Å². The van der Waals surface area contributed by atoms with Gasteiger partial charge in [-0.3, -0.25) is 9.20 Å². The average Bonchev–Trinajstić information content (AvgIpc) is 3.00. The summed E-state index contributed by atoms with van der Waals surface area (Å²) in [6.45, 7) is 1.73. The molecule has 1 aromatic carbocycles. The Morgan fingerprint density at radius 3 is 2.80 bits per heavy atom. The van der Waals surface area contributed by atoms with Crippen LogP contribution < -0.4 is 15.0 Å². The highest BCUT2D eigenvalue weighted by Crippen LogP contribution is 2.31. The quantitative estimate of drug-likeness (QED) is 0.650. The van der Waals surface area contributed by atoms with Crippen LogP contribution in [0.15, 0.2) is 34.4 Å². The smallest absolute Gasteiger partial charge is 0.342 e. The summed E-state index contributed by atoms with van der Waals surface area (Å²) in [4.78, 5) is 29.4. The maximum Gasteiger partial charge on any atom is 0.342 e. The van der Waals surface area contributed by atoms with Crippen LogP contribution in [0.4, 0.5) is 0 Å². The summed E-state index contributed by atoms with van der Waals surface area (Å²) in [5.41, 5.74) is 1.25. The second-order valence-electron chi connectivity index (χ2n) is 5.20. The lowest BCUT2D eigenvalue weighted by Gasteiger charge is -2.12. The molecule has 0 saturated heterocycles. The molecule has 0 bridgehead atoms. The van der Waals surface area contributed by atoms with Crippen molar-refractivity contribution in [2.45, 2.75) is 13.5 Å². The van der Waals surface area contributed by atoms with Crippen molar-refractivity contribution < 1.29 is 19.0 Å². The van der Waals surface area contributed by atoms with E-state index in [0.717, 1.165) is 5.69 Å². The third-order valence-corrected chi connectivity index (χ3v) is 4.55. The lowest BCUT2D eigenvalue weighted by Crippen LogP contribution is -2.16. The van der Waals surface area contributed by atoms with Crippen molar-refractivity contribution in [3.05, 3.63) is 57.0 Å². The van der Waals surface area contributed by atoms with Crippen LogP contribution in [-0.4, -0.2) is 29.6 Å². The van der Waals surface area contributed by atoms with Crippen molar-refractivity contribution in [1.82, 2.24) is 9.38 Å². The van der Waals surface area contributed by atoms with Gasteiger partial charge in [-0.1, -0.05) is 6.07 Å². The minimum atomic E-state index is -0.583. The molecular weight excluding hydrogens is 344 g/mol. The monoisotopic (exact) mass is 360 g/mol. The molecule has 0 aliphatic carbocycles. The second-order valence-corrected chi connectivity index (χ2v) is 6.03. The summed E-state index contributed by atoms with van der Waals surface area (Å²) in [6, 6.07) is 6.30. The number of nitrogens with zero attached hydrogens (tertiary/aromatic N) is 2. The Morgan fingerprint density at radius 1 is 1.28 bits per heavy atom. The first-order valence-electron chi connectivity index (χ1n) is 7.40. The SMILES string of the molecule is COc1cccc(C(=O)OCc2cc(=O)n3c(C)csc3n2)c1OC. The Bertz CT molecular complexity index is 992. The molecular formula is C17H16N2O5S. The van der Waals surface area contributed by atoms with Crippen molar-refractivity contribution in [2.24, 2.45) is 0 Å². The molecule has 0 atom stereocenters. The molecule has 25 heavy (non-hydrogen) atoms. The van der Waals surface area contributed by atoms with Gasteiger partial charge in [0.15, 0.2) is 16.5 Å². The zero-order valence-corrected chi connectivity index (χ0v) is 14.8. The summed E-state index contributed by atoms with van der Waals surface area (Å²) in [5, 5.41) is 1.85. The minimum absolute atomic E-state index is 0.109. The van der Waals surface area contributed by atoms with E-state index in [2.05, 4.69) is 4.98 Å². The number of aryl methyl sites for hydroxylation is 1. The summed E-state index contributed by atoms with van der Waals surface area (Å²) in [7, 11) is 2.94. The predicted octanol–water partition coefficient (Wildman–Crippen LogP) is 2.44. The highest BCUT2D eigenvalue weighted by molar-refractivity contribution is 7.15. The van der Waals surface area contributed by atoms with Gasteiger partial charge in [-0.25, -0.2) is 9.78 Å². The Labute approximate surface area is 147 Å². The topological polar surface area (TPSA) is 79.1 Å². The molecule has 130 valence electrons.